The van der Waals surface area contributed by atoms with E-state index in [4.69, 9.17) is 10.5 Å². The molecule has 1 heterocycles. The Labute approximate surface area is 99.2 Å². The van der Waals surface area contributed by atoms with Crippen LogP contribution in [0.25, 0.3) is 0 Å². The Hall–Kier alpha value is -1.62. The van der Waals surface area contributed by atoms with E-state index < -0.39 is 11.9 Å². The molecule has 4 nitrogen and oxygen atoms in total. The molecule has 1 atom stereocenters. The van der Waals surface area contributed by atoms with Gasteiger partial charge in [0, 0.05) is 32.1 Å². The number of ether oxygens (including phenoxy) is 1. The van der Waals surface area contributed by atoms with Crippen molar-refractivity contribution in [2.24, 2.45) is 5.73 Å². The number of halogens is 1. The van der Waals surface area contributed by atoms with Crippen LogP contribution in [-0.2, 0) is 11.3 Å². The summed E-state index contributed by atoms with van der Waals surface area (Å²) in [5.74, 6) is -0.491. The molecule has 0 aliphatic carbocycles. The Kier molecular flexibility index (Phi) is 3.28. The maximum Gasteiger partial charge on any atom is 0.263 e. The first kappa shape index (κ1) is 11.9. The van der Waals surface area contributed by atoms with Crippen molar-refractivity contribution < 1.29 is 13.9 Å². The van der Waals surface area contributed by atoms with Crippen molar-refractivity contribution >= 4 is 5.91 Å². The molecule has 1 fully saturated rings. The molecule has 92 valence electrons. The normalized spacial score (nSPS) is 19.8. The molecule has 0 saturated carbocycles. The van der Waals surface area contributed by atoms with Gasteiger partial charge in [-0.05, 0) is 6.07 Å². The van der Waals surface area contributed by atoms with Crippen LogP contribution in [0.15, 0.2) is 18.2 Å². The van der Waals surface area contributed by atoms with E-state index >= 15 is 0 Å². The number of likely N-dealkylation sites (N-methyl/N-ethyl adjacent to an activating group) is 1. The van der Waals surface area contributed by atoms with Gasteiger partial charge in [-0.25, -0.2) is 4.39 Å². The van der Waals surface area contributed by atoms with Crippen LogP contribution in [0, 0.1) is 5.82 Å². The summed E-state index contributed by atoms with van der Waals surface area (Å²) in [6.07, 6.45) is -0.0181. The second-order valence-electron chi connectivity index (χ2n) is 4.09. The number of carbonyl (C=O) groups excluding carboxylic acids is 1. The monoisotopic (exact) mass is 238 g/mol. The number of nitrogens with two attached hydrogens (primary N) is 1. The summed E-state index contributed by atoms with van der Waals surface area (Å²) in [6.45, 7) is 0.819. The highest BCUT2D eigenvalue weighted by Crippen LogP contribution is 2.26. The van der Waals surface area contributed by atoms with Gasteiger partial charge in [-0.2, -0.15) is 0 Å². The predicted octanol–water partition coefficient (Wildman–Crippen LogP) is 0.894. The highest BCUT2D eigenvalue weighted by molar-refractivity contribution is 5.83. The van der Waals surface area contributed by atoms with Gasteiger partial charge in [-0.3, -0.25) is 4.79 Å². The largest absolute Gasteiger partial charge is 0.477 e. The number of nitrogens with zero attached hydrogens (tertiary/aromatic N) is 1. The topological polar surface area (TPSA) is 55.6 Å². The summed E-state index contributed by atoms with van der Waals surface area (Å²) in [7, 11) is 1.71. The lowest BCUT2D eigenvalue weighted by molar-refractivity contribution is -0.132. The smallest absolute Gasteiger partial charge is 0.263 e. The summed E-state index contributed by atoms with van der Waals surface area (Å²) >= 11 is 0. The quantitative estimate of drug-likeness (QED) is 0.851. The van der Waals surface area contributed by atoms with Gasteiger partial charge in [0.05, 0.1) is 0 Å². The third kappa shape index (κ3) is 2.24. The average Bonchev–Trinajstić information content (AvgIpc) is 2.63. The number of hydrogen-bond donors (Lipinski definition) is 1. The van der Waals surface area contributed by atoms with Crippen molar-refractivity contribution in [1.29, 1.82) is 0 Å². The van der Waals surface area contributed by atoms with Crippen LogP contribution in [0.3, 0.4) is 0 Å². The molecule has 2 N–H and O–H groups in total. The number of hydrogen-bond acceptors (Lipinski definition) is 3. The van der Waals surface area contributed by atoms with Crippen LogP contribution >= 0.6 is 0 Å². The minimum absolute atomic E-state index is 0.101. The zero-order valence-corrected chi connectivity index (χ0v) is 9.65. The Morgan fingerprint density at radius 2 is 2.35 bits per heavy atom. The number of carbonyl (C=O) groups is 1. The Bertz CT molecular complexity index is 437. The molecule has 17 heavy (non-hydrogen) atoms. The molecule has 1 amide bonds. The summed E-state index contributed by atoms with van der Waals surface area (Å²) in [5.41, 5.74) is 6.09. The van der Waals surface area contributed by atoms with Gasteiger partial charge < -0.3 is 15.4 Å². The third-order valence-electron chi connectivity index (χ3n) is 2.91. The van der Waals surface area contributed by atoms with Gasteiger partial charge in [0.1, 0.15) is 0 Å². The van der Waals surface area contributed by atoms with Gasteiger partial charge in [0.2, 0.25) is 0 Å². The highest BCUT2D eigenvalue weighted by Gasteiger charge is 2.31. The fraction of sp³-hybridized carbons (Fsp3) is 0.417. The maximum absolute atomic E-state index is 13.6. The van der Waals surface area contributed by atoms with E-state index in [9.17, 15) is 9.18 Å². The van der Waals surface area contributed by atoms with E-state index in [0.717, 1.165) is 0 Å². The molecule has 0 spiro atoms. The van der Waals surface area contributed by atoms with E-state index in [1.54, 1.807) is 24.1 Å². The minimum Gasteiger partial charge on any atom is -0.477 e. The molecule has 1 aromatic rings. The first-order valence-electron chi connectivity index (χ1n) is 5.52. The summed E-state index contributed by atoms with van der Waals surface area (Å²) in [5, 5.41) is 0. The number of likely N-dealkylation sites (tertiary alicyclic amines) is 1. The van der Waals surface area contributed by atoms with Crippen LogP contribution in [0.1, 0.15) is 12.0 Å². The molecule has 1 aromatic carbocycles. The predicted molar refractivity (Wildman–Crippen MR) is 61.0 cm³/mol. The van der Waals surface area contributed by atoms with Crippen LogP contribution in [0.5, 0.6) is 5.75 Å². The van der Waals surface area contributed by atoms with Gasteiger partial charge in [-0.15, -0.1) is 0 Å². The van der Waals surface area contributed by atoms with E-state index in [1.807, 2.05) is 0 Å². The summed E-state index contributed by atoms with van der Waals surface area (Å²) in [4.78, 5) is 13.2. The van der Waals surface area contributed by atoms with Crippen molar-refractivity contribution in [1.82, 2.24) is 4.90 Å². The zero-order chi connectivity index (χ0) is 12.4. The minimum atomic E-state index is -0.595. The van der Waals surface area contributed by atoms with Crippen molar-refractivity contribution in [2.45, 2.75) is 19.1 Å². The Morgan fingerprint density at radius 3 is 2.94 bits per heavy atom. The fourth-order valence-electron chi connectivity index (χ4n) is 1.89. The lowest BCUT2D eigenvalue weighted by Gasteiger charge is -2.16. The van der Waals surface area contributed by atoms with E-state index in [0.29, 0.717) is 18.5 Å². The number of para-hydroxylation sites is 1. The molecule has 1 saturated heterocycles. The second-order valence-corrected chi connectivity index (χ2v) is 4.09. The molecule has 1 unspecified atom stereocenters. The van der Waals surface area contributed by atoms with Crippen LogP contribution in [0.4, 0.5) is 4.39 Å². The van der Waals surface area contributed by atoms with Crippen molar-refractivity contribution in [3.05, 3.63) is 29.6 Å². The van der Waals surface area contributed by atoms with Gasteiger partial charge in [0.25, 0.3) is 5.91 Å². The lowest BCUT2D eigenvalue weighted by Crippen LogP contribution is -2.30. The fourth-order valence-corrected chi connectivity index (χ4v) is 1.89. The van der Waals surface area contributed by atoms with Gasteiger partial charge in [-0.1, -0.05) is 12.1 Å². The molecule has 5 heteroatoms. The van der Waals surface area contributed by atoms with Crippen LogP contribution in [-0.4, -0.2) is 30.5 Å². The van der Waals surface area contributed by atoms with E-state index in [1.165, 1.54) is 6.07 Å². The standard InChI is InChI=1S/C12H15FN2O2/c1-15-6-5-10(12(15)16)17-11-8(7-14)3-2-4-9(11)13/h2-4,10H,5-7,14H2,1H3. The zero-order valence-electron chi connectivity index (χ0n) is 9.65. The van der Waals surface area contributed by atoms with Crippen molar-refractivity contribution in [3.63, 3.8) is 0 Å². The van der Waals surface area contributed by atoms with Gasteiger partial charge >= 0.3 is 0 Å². The van der Waals surface area contributed by atoms with Crippen LogP contribution < -0.4 is 10.5 Å². The van der Waals surface area contributed by atoms with Gasteiger partial charge in [0.15, 0.2) is 17.7 Å². The summed E-state index contributed by atoms with van der Waals surface area (Å²) in [6, 6.07) is 4.58. The molecule has 0 bridgehead atoms. The summed E-state index contributed by atoms with van der Waals surface area (Å²) < 4.78 is 19.1. The molecule has 2 rings (SSSR count). The SMILES string of the molecule is CN1CCC(Oc2c(F)cccc2CN)C1=O. The third-order valence-corrected chi connectivity index (χ3v) is 2.91. The number of benzene rings is 1. The average molecular weight is 238 g/mol. The Morgan fingerprint density at radius 1 is 1.59 bits per heavy atom. The Balaban J connectivity index is 2.21. The molecular formula is C12H15FN2O2. The lowest BCUT2D eigenvalue weighted by atomic mass is 10.2. The highest BCUT2D eigenvalue weighted by atomic mass is 19.1. The number of amides is 1. The first-order valence-corrected chi connectivity index (χ1v) is 5.52. The molecule has 1 aliphatic heterocycles. The molecular weight excluding hydrogens is 223 g/mol. The molecule has 0 radical (unpaired) electrons. The van der Waals surface area contributed by atoms with Crippen molar-refractivity contribution in [3.8, 4) is 5.75 Å². The van der Waals surface area contributed by atoms with Crippen LogP contribution in [0.2, 0.25) is 0 Å². The number of rotatable bonds is 3. The van der Waals surface area contributed by atoms with Crippen molar-refractivity contribution in [2.75, 3.05) is 13.6 Å². The van der Waals surface area contributed by atoms with E-state index in [-0.39, 0.29) is 18.2 Å². The maximum atomic E-state index is 13.6. The first-order chi connectivity index (χ1) is 8.13. The molecule has 1 aliphatic rings. The molecule has 0 aromatic heterocycles. The van der Waals surface area contributed by atoms with E-state index in [2.05, 4.69) is 0 Å². The second kappa shape index (κ2) is 4.71.